The first-order chi connectivity index (χ1) is 6.02. The van der Waals surface area contributed by atoms with Crippen LogP contribution in [0.1, 0.15) is 20.3 Å². The number of hydrogen-bond acceptors (Lipinski definition) is 2. The van der Waals surface area contributed by atoms with Crippen LogP contribution in [0.3, 0.4) is 0 Å². The Morgan fingerprint density at radius 3 is 2.46 bits per heavy atom. The highest BCUT2D eigenvalue weighted by atomic mass is 32.1. The Balaban J connectivity index is 3.27. The quantitative estimate of drug-likeness (QED) is 0.511. The highest BCUT2D eigenvalue weighted by Crippen LogP contribution is 1.82. The fourth-order valence-corrected chi connectivity index (χ4v) is 1.25. The monoisotopic (exact) mass is 203 g/mol. The van der Waals surface area contributed by atoms with Crippen LogP contribution in [0.15, 0.2) is 0 Å². The zero-order chi connectivity index (χ0) is 10.3. The Bertz CT molecular complexity index is 146. The molecule has 0 spiro atoms. The van der Waals surface area contributed by atoms with Crippen LogP contribution in [-0.4, -0.2) is 43.2 Å². The minimum absolute atomic E-state index is 0.411. The second-order valence-electron chi connectivity index (χ2n) is 3.71. The molecule has 0 unspecified atom stereocenters. The van der Waals surface area contributed by atoms with E-state index in [1.54, 1.807) is 0 Å². The average molecular weight is 203 g/mol. The van der Waals surface area contributed by atoms with E-state index in [4.69, 9.17) is 12.2 Å². The van der Waals surface area contributed by atoms with Gasteiger partial charge in [-0.1, -0.05) is 0 Å². The van der Waals surface area contributed by atoms with Gasteiger partial charge in [-0.15, -0.1) is 0 Å². The molecule has 0 saturated carbocycles. The lowest BCUT2D eigenvalue weighted by Crippen LogP contribution is -2.40. The lowest BCUT2D eigenvalue weighted by atomic mass is 10.4. The number of thiocarbonyl (C=S) groups is 1. The van der Waals surface area contributed by atoms with Gasteiger partial charge in [0, 0.05) is 12.6 Å². The molecule has 0 rings (SSSR count). The molecule has 3 nitrogen and oxygen atoms in total. The molecule has 0 aromatic heterocycles. The van der Waals surface area contributed by atoms with Gasteiger partial charge < -0.3 is 15.5 Å². The van der Waals surface area contributed by atoms with Crippen molar-refractivity contribution in [2.24, 2.45) is 0 Å². The molecule has 0 fully saturated rings. The van der Waals surface area contributed by atoms with Gasteiger partial charge in [0.1, 0.15) is 0 Å². The largest absolute Gasteiger partial charge is 0.363 e. The summed E-state index contributed by atoms with van der Waals surface area (Å²) in [4.78, 5) is 2.17. The van der Waals surface area contributed by atoms with E-state index in [1.807, 2.05) is 0 Å². The first kappa shape index (κ1) is 12.7. The molecule has 2 N–H and O–H groups in total. The summed E-state index contributed by atoms with van der Waals surface area (Å²) in [5.74, 6) is 0. The summed E-state index contributed by atoms with van der Waals surface area (Å²) in [6, 6.07) is 0.411. The molecule has 4 heteroatoms. The van der Waals surface area contributed by atoms with E-state index in [0.29, 0.717) is 6.04 Å². The normalized spacial score (nSPS) is 10.6. The Labute approximate surface area is 86.9 Å². The molecule has 0 amide bonds. The van der Waals surface area contributed by atoms with Gasteiger partial charge in [0.15, 0.2) is 5.11 Å². The van der Waals surface area contributed by atoms with Gasteiger partial charge in [-0.2, -0.15) is 0 Å². The molecule has 0 radical (unpaired) electrons. The van der Waals surface area contributed by atoms with Crippen molar-refractivity contribution in [2.75, 3.05) is 27.2 Å². The lowest BCUT2D eigenvalue weighted by Gasteiger charge is -2.14. The summed E-state index contributed by atoms with van der Waals surface area (Å²) in [5, 5.41) is 7.06. The van der Waals surface area contributed by atoms with E-state index < -0.39 is 0 Å². The standard InChI is InChI=1S/C9H21N3S/c1-8(2)11-9(13)10-6-5-7-12(3)4/h8H,5-7H2,1-4H3,(H2,10,11,13). The fraction of sp³-hybridized carbons (Fsp3) is 0.889. The minimum Gasteiger partial charge on any atom is -0.363 e. The molecule has 0 atom stereocenters. The van der Waals surface area contributed by atoms with Crippen molar-refractivity contribution in [2.45, 2.75) is 26.3 Å². The van der Waals surface area contributed by atoms with E-state index in [-0.39, 0.29) is 0 Å². The zero-order valence-corrected chi connectivity index (χ0v) is 9.87. The summed E-state index contributed by atoms with van der Waals surface area (Å²) < 4.78 is 0. The van der Waals surface area contributed by atoms with E-state index in [9.17, 15) is 0 Å². The van der Waals surface area contributed by atoms with E-state index in [2.05, 4.69) is 43.5 Å². The predicted octanol–water partition coefficient (Wildman–Crippen LogP) is 0.811. The lowest BCUT2D eigenvalue weighted by molar-refractivity contribution is 0.400. The number of nitrogens with one attached hydrogen (secondary N) is 2. The first-order valence-corrected chi connectivity index (χ1v) is 5.12. The zero-order valence-electron chi connectivity index (χ0n) is 9.05. The van der Waals surface area contributed by atoms with Crippen LogP contribution in [-0.2, 0) is 0 Å². The van der Waals surface area contributed by atoms with Crippen LogP contribution < -0.4 is 10.6 Å². The minimum atomic E-state index is 0.411. The Morgan fingerprint density at radius 2 is 2.00 bits per heavy atom. The van der Waals surface area contributed by atoms with Gasteiger partial charge in [-0.3, -0.25) is 0 Å². The third-order valence-electron chi connectivity index (χ3n) is 1.49. The average Bonchev–Trinajstić information content (AvgIpc) is 1.96. The summed E-state index contributed by atoms with van der Waals surface area (Å²) in [7, 11) is 4.15. The van der Waals surface area contributed by atoms with Crippen molar-refractivity contribution < 1.29 is 0 Å². The Hall–Kier alpha value is -0.350. The van der Waals surface area contributed by atoms with Crippen LogP contribution in [0.2, 0.25) is 0 Å². The van der Waals surface area contributed by atoms with E-state index >= 15 is 0 Å². The van der Waals surface area contributed by atoms with Crippen molar-refractivity contribution in [3.63, 3.8) is 0 Å². The van der Waals surface area contributed by atoms with Crippen molar-refractivity contribution in [1.29, 1.82) is 0 Å². The molecule has 0 aliphatic carbocycles. The van der Waals surface area contributed by atoms with E-state index in [0.717, 1.165) is 24.6 Å². The molecule has 0 aromatic carbocycles. The molecular weight excluding hydrogens is 182 g/mol. The molecule has 0 aliphatic heterocycles. The first-order valence-electron chi connectivity index (χ1n) is 4.71. The van der Waals surface area contributed by atoms with Crippen LogP contribution in [0, 0.1) is 0 Å². The van der Waals surface area contributed by atoms with Gasteiger partial charge in [0.05, 0.1) is 0 Å². The highest BCUT2D eigenvalue weighted by Gasteiger charge is 1.96. The van der Waals surface area contributed by atoms with Crippen molar-refractivity contribution in [3.05, 3.63) is 0 Å². The van der Waals surface area contributed by atoms with Crippen LogP contribution in [0.4, 0.5) is 0 Å². The van der Waals surface area contributed by atoms with Crippen LogP contribution >= 0.6 is 12.2 Å². The topological polar surface area (TPSA) is 27.3 Å². The Morgan fingerprint density at radius 1 is 1.38 bits per heavy atom. The van der Waals surface area contributed by atoms with Crippen LogP contribution in [0.5, 0.6) is 0 Å². The molecule has 78 valence electrons. The fourth-order valence-electron chi connectivity index (χ4n) is 0.910. The van der Waals surface area contributed by atoms with Crippen molar-refractivity contribution >= 4 is 17.3 Å². The summed E-state index contributed by atoms with van der Waals surface area (Å²) in [6.45, 7) is 6.19. The van der Waals surface area contributed by atoms with Gasteiger partial charge in [-0.05, 0) is 53.1 Å². The van der Waals surface area contributed by atoms with Gasteiger partial charge in [0.25, 0.3) is 0 Å². The molecule has 0 heterocycles. The highest BCUT2D eigenvalue weighted by molar-refractivity contribution is 7.80. The molecule has 0 bridgehead atoms. The summed E-state index contributed by atoms with van der Waals surface area (Å²) in [5.41, 5.74) is 0. The smallest absolute Gasteiger partial charge is 0.166 e. The second-order valence-corrected chi connectivity index (χ2v) is 4.12. The maximum atomic E-state index is 5.07. The third-order valence-corrected chi connectivity index (χ3v) is 1.75. The SMILES string of the molecule is CC(C)NC(=S)NCCCN(C)C. The predicted molar refractivity (Wildman–Crippen MR) is 62.0 cm³/mol. The van der Waals surface area contributed by atoms with Crippen molar-refractivity contribution in [1.82, 2.24) is 15.5 Å². The maximum Gasteiger partial charge on any atom is 0.166 e. The molecular formula is C9H21N3S. The molecule has 0 aliphatic rings. The van der Waals surface area contributed by atoms with Gasteiger partial charge in [0.2, 0.25) is 0 Å². The Kier molecular flexibility index (Phi) is 6.90. The molecule has 0 aromatic rings. The van der Waals surface area contributed by atoms with E-state index in [1.165, 1.54) is 0 Å². The van der Waals surface area contributed by atoms with Crippen molar-refractivity contribution in [3.8, 4) is 0 Å². The van der Waals surface area contributed by atoms with Gasteiger partial charge in [-0.25, -0.2) is 0 Å². The summed E-state index contributed by atoms with van der Waals surface area (Å²) >= 11 is 5.07. The molecule has 13 heavy (non-hydrogen) atoms. The van der Waals surface area contributed by atoms with Crippen LogP contribution in [0.25, 0.3) is 0 Å². The third kappa shape index (κ3) is 9.56. The summed E-state index contributed by atoms with van der Waals surface area (Å²) in [6.07, 6.45) is 1.12. The second kappa shape index (κ2) is 7.09. The number of hydrogen-bond donors (Lipinski definition) is 2. The number of rotatable bonds is 5. The number of nitrogens with zero attached hydrogens (tertiary/aromatic N) is 1. The molecule has 0 saturated heterocycles. The van der Waals surface area contributed by atoms with Gasteiger partial charge >= 0.3 is 0 Å². The maximum absolute atomic E-state index is 5.07.